The summed E-state index contributed by atoms with van der Waals surface area (Å²) in [5.41, 5.74) is 6.14. The summed E-state index contributed by atoms with van der Waals surface area (Å²) in [4.78, 5) is 11.6. The number of esters is 1. The van der Waals surface area contributed by atoms with Gasteiger partial charge in [0.25, 0.3) is 0 Å². The first kappa shape index (κ1) is 7.80. The Labute approximate surface area is 77.6 Å². The van der Waals surface area contributed by atoms with Crippen LogP contribution >= 0.6 is 0 Å². The summed E-state index contributed by atoms with van der Waals surface area (Å²) in [5, 5.41) is 0. The second kappa shape index (κ2) is 1.78. The largest absolute Gasteiger partial charge is 0.465 e. The van der Waals surface area contributed by atoms with Gasteiger partial charge in [0.2, 0.25) is 0 Å². The highest BCUT2D eigenvalue weighted by atomic mass is 16.5. The average Bonchev–Trinajstić information content (AvgIpc) is 2.96. The molecule has 13 heavy (non-hydrogen) atoms. The van der Waals surface area contributed by atoms with Crippen LogP contribution < -0.4 is 5.73 Å². The minimum Gasteiger partial charge on any atom is -0.465 e. The third-order valence-corrected chi connectivity index (χ3v) is 4.33. The van der Waals surface area contributed by atoms with Crippen LogP contribution in [0.4, 0.5) is 0 Å². The quantitative estimate of drug-likeness (QED) is 0.642. The van der Waals surface area contributed by atoms with Crippen LogP contribution in [-0.4, -0.2) is 18.1 Å². The molecule has 0 aromatic carbocycles. The normalized spacial score (nSPS) is 47.8. The molecule has 2 atom stereocenters. The van der Waals surface area contributed by atoms with E-state index in [9.17, 15) is 4.79 Å². The van der Waals surface area contributed by atoms with Gasteiger partial charge < -0.3 is 10.5 Å². The Morgan fingerprint density at radius 1 is 1.46 bits per heavy atom. The molecule has 72 valence electrons. The standard InChI is InChI=1S/C10H15NO2/c1-2-13-7(12)10(11)6-9(10)5-8(9)3-4-8/h2-6,11H2,1H3. The van der Waals surface area contributed by atoms with E-state index in [0.717, 1.165) is 6.42 Å². The third kappa shape index (κ3) is 0.654. The lowest BCUT2D eigenvalue weighted by Crippen LogP contribution is -2.38. The number of hydrogen-bond acceptors (Lipinski definition) is 3. The number of carbonyl (C=O) groups is 1. The van der Waals surface area contributed by atoms with Gasteiger partial charge in [-0.1, -0.05) is 0 Å². The first-order chi connectivity index (χ1) is 6.10. The molecule has 0 aromatic heterocycles. The van der Waals surface area contributed by atoms with Crippen molar-refractivity contribution in [3.63, 3.8) is 0 Å². The zero-order valence-electron chi connectivity index (χ0n) is 7.93. The van der Waals surface area contributed by atoms with Gasteiger partial charge in [0, 0.05) is 5.41 Å². The van der Waals surface area contributed by atoms with Gasteiger partial charge in [0.15, 0.2) is 0 Å². The number of rotatable bonds is 2. The number of ether oxygens (including phenoxy) is 1. The van der Waals surface area contributed by atoms with E-state index in [1.807, 2.05) is 6.92 Å². The van der Waals surface area contributed by atoms with Gasteiger partial charge in [-0.05, 0) is 38.0 Å². The molecule has 3 aliphatic rings. The number of nitrogens with two attached hydrogens (primary N) is 1. The summed E-state index contributed by atoms with van der Waals surface area (Å²) in [7, 11) is 0. The molecule has 3 heteroatoms. The fourth-order valence-corrected chi connectivity index (χ4v) is 3.18. The van der Waals surface area contributed by atoms with Crippen LogP contribution in [0.25, 0.3) is 0 Å². The Kier molecular flexibility index (Phi) is 1.07. The molecular weight excluding hydrogens is 166 g/mol. The van der Waals surface area contributed by atoms with Gasteiger partial charge in [-0.2, -0.15) is 0 Å². The van der Waals surface area contributed by atoms with E-state index >= 15 is 0 Å². The molecule has 0 heterocycles. The summed E-state index contributed by atoms with van der Waals surface area (Å²) in [6, 6.07) is 0. The summed E-state index contributed by atoms with van der Waals surface area (Å²) >= 11 is 0. The van der Waals surface area contributed by atoms with Crippen LogP contribution in [0.3, 0.4) is 0 Å². The van der Waals surface area contributed by atoms with Crippen LogP contribution in [0.15, 0.2) is 0 Å². The van der Waals surface area contributed by atoms with E-state index in [-0.39, 0.29) is 11.4 Å². The van der Waals surface area contributed by atoms with Crippen molar-refractivity contribution in [3.8, 4) is 0 Å². The first-order valence-corrected chi connectivity index (χ1v) is 5.06. The molecule has 0 bridgehead atoms. The van der Waals surface area contributed by atoms with Crippen molar-refractivity contribution >= 4 is 5.97 Å². The Hall–Kier alpha value is -0.570. The second-order valence-electron chi connectivity index (χ2n) is 4.91. The van der Waals surface area contributed by atoms with Gasteiger partial charge in [-0.3, -0.25) is 4.79 Å². The molecule has 3 saturated carbocycles. The summed E-state index contributed by atoms with van der Waals surface area (Å²) in [6.07, 6.45) is 4.62. The van der Waals surface area contributed by atoms with Crippen molar-refractivity contribution in [3.05, 3.63) is 0 Å². The Morgan fingerprint density at radius 2 is 2.15 bits per heavy atom. The van der Waals surface area contributed by atoms with E-state index in [0.29, 0.717) is 12.0 Å². The number of carbonyl (C=O) groups excluding carboxylic acids is 1. The minimum absolute atomic E-state index is 0.168. The highest BCUT2D eigenvalue weighted by molar-refractivity contribution is 5.88. The molecule has 0 saturated heterocycles. The van der Waals surface area contributed by atoms with Gasteiger partial charge in [0.1, 0.15) is 5.54 Å². The van der Waals surface area contributed by atoms with Crippen LogP contribution in [0.1, 0.15) is 32.6 Å². The molecular formula is C10H15NO2. The lowest BCUT2D eigenvalue weighted by Gasteiger charge is -2.09. The topological polar surface area (TPSA) is 52.3 Å². The smallest absolute Gasteiger partial charge is 0.326 e. The molecule has 0 aromatic rings. The summed E-state index contributed by atoms with van der Waals surface area (Å²) in [5.74, 6) is -0.168. The maximum atomic E-state index is 11.6. The highest BCUT2D eigenvalue weighted by Gasteiger charge is 2.92. The lowest BCUT2D eigenvalue weighted by atomic mass is 10.1. The van der Waals surface area contributed by atoms with Crippen molar-refractivity contribution < 1.29 is 9.53 Å². The molecule has 3 nitrogen and oxygen atoms in total. The van der Waals surface area contributed by atoms with Crippen LogP contribution in [0.5, 0.6) is 0 Å². The molecule has 2 spiro atoms. The molecule has 3 aliphatic carbocycles. The van der Waals surface area contributed by atoms with Crippen LogP contribution in [0, 0.1) is 10.8 Å². The fourth-order valence-electron chi connectivity index (χ4n) is 3.18. The maximum absolute atomic E-state index is 11.6. The Morgan fingerprint density at radius 3 is 2.62 bits per heavy atom. The molecule has 0 aliphatic heterocycles. The van der Waals surface area contributed by atoms with Crippen LogP contribution in [0.2, 0.25) is 0 Å². The Balaban J connectivity index is 1.76. The summed E-state index contributed by atoms with van der Waals surface area (Å²) in [6.45, 7) is 2.27. The second-order valence-corrected chi connectivity index (χ2v) is 4.91. The van der Waals surface area contributed by atoms with E-state index in [1.54, 1.807) is 0 Å². The van der Waals surface area contributed by atoms with E-state index in [4.69, 9.17) is 10.5 Å². The zero-order valence-corrected chi connectivity index (χ0v) is 7.93. The monoisotopic (exact) mass is 181 g/mol. The number of fused-ring (bicyclic) bond motifs is 1. The highest BCUT2D eigenvalue weighted by Crippen LogP contribution is 2.91. The van der Waals surface area contributed by atoms with Gasteiger partial charge in [0.05, 0.1) is 6.61 Å². The van der Waals surface area contributed by atoms with Gasteiger partial charge in [-0.15, -0.1) is 0 Å². The van der Waals surface area contributed by atoms with Crippen molar-refractivity contribution in [1.29, 1.82) is 0 Å². The molecule has 3 rings (SSSR count). The fraction of sp³-hybridized carbons (Fsp3) is 0.900. The number of hydrogen-bond donors (Lipinski definition) is 1. The van der Waals surface area contributed by atoms with E-state index in [2.05, 4.69) is 0 Å². The zero-order chi connectivity index (χ0) is 9.32. The molecule has 2 N–H and O–H groups in total. The van der Waals surface area contributed by atoms with Crippen molar-refractivity contribution in [1.82, 2.24) is 0 Å². The molecule has 3 fully saturated rings. The molecule has 0 amide bonds. The van der Waals surface area contributed by atoms with Gasteiger partial charge >= 0.3 is 5.97 Å². The molecule has 2 unspecified atom stereocenters. The summed E-state index contributed by atoms with van der Waals surface area (Å²) < 4.78 is 5.00. The third-order valence-electron chi connectivity index (χ3n) is 4.33. The average molecular weight is 181 g/mol. The minimum atomic E-state index is -0.598. The predicted molar refractivity (Wildman–Crippen MR) is 46.9 cm³/mol. The lowest BCUT2D eigenvalue weighted by molar-refractivity contribution is -0.146. The van der Waals surface area contributed by atoms with E-state index < -0.39 is 5.54 Å². The maximum Gasteiger partial charge on any atom is 0.326 e. The van der Waals surface area contributed by atoms with Crippen molar-refractivity contribution in [2.45, 2.75) is 38.1 Å². The Bertz CT molecular complexity index is 297. The SMILES string of the molecule is CCOC(=O)C1(N)CC12CC21CC1. The van der Waals surface area contributed by atoms with Crippen molar-refractivity contribution in [2.24, 2.45) is 16.6 Å². The predicted octanol–water partition coefficient (Wildman–Crippen LogP) is 0.821. The van der Waals surface area contributed by atoms with Gasteiger partial charge in [-0.25, -0.2) is 0 Å². The molecule has 0 radical (unpaired) electrons. The van der Waals surface area contributed by atoms with E-state index in [1.165, 1.54) is 19.3 Å². The first-order valence-electron chi connectivity index (χ1n) is 5.06. The van der Waals surface area contributed by atoms with Crippen molar-refractivity contribution in [2.75, 3.05) is 6.61 Å². The van der Waals surface area contributed by atoms with Crippen LogP contribution in [-0.2, 0) is 9.53 Å².